The van der Waals surface area contributed by atoms with Crippen molar-refractivity contribution >= 4 is 28.3 Å². The molecule has 19 heavy (non-hydrogen) atoms. The number of nitrogens with zero attached hydrogens (tertiary/aromatic N) is 3. The number of carbonyl (C=O) groups excluding carboxylic acids is 1. The molecule has 2 N–H and O–H groups in total. The largest absolute Gasteiger partial charge is 0.480 e. The molecule has 0 unspecified atom stereocenters. The van der Waals surface area contributed by atoms with Crippen molar-refractivity contribution in [1.82, 2.24) is 14.8 Å². The Morgan fingerprint density at radius 3 is 2.89 bits per heavy atom. The molecule has 0 aromatic carbocycles. The molecule has 0 fully saturated rings. The molecular weight excluding hydrogens is 268 g/mol. The number of hydrogen-bond donors (Lipinski definition) is 2. The number of aromatic nitrogens is 3. The summed E-state index contributed by atoms with van der Waals surface area (Å²) in [6.45, 7) is 1.69. The molecule has 0 spiro atoms. The summed E-state index contributed by atoms with van der Waals surface area (Å²) in [6.07, 6.45) is 2.30. The van der Waals surface area contributed by atoms with Crippen LogP contribution < -0.4 is 5.32 Å². The van der Waals surface area contributed by atoms with Crippen molar-refractivity contribution in [1.29, 1.82) is 0 Å². The summed E-state index contributed by atoms with van der Waals surface area (Å²) in [5, 5.41) is 20.3. The van der Waals surface area contributed by atoms with E-state index >= 15 is 0 Å². The fraction of sp³-hybridized carbons (Fsp3) is 0.273. The van der Waals surface area contributed by atoms with E-state index in [0.29, 0.717) is 5.13 Å². The van der Waals surface area contributed by atoms with Gasteiger partial charge in [0, 0.05) is 6.20 Å². The van der Waals surface area contributed by atoms with Crippen LogP contribution in [0.4, 0.5) is 5.13 Å². The number of aliphatic carboxylic acids is 1. The van der Waals surface area contributed by atoms with Crippen LogP contribution in [0, 0.1) is 0 Å². The number of amides is 1. The summed E-state index contributed by atoms with van der Waals surface area (Å²) in [5.74, 6) is -1.40. The fourth-order valence-electron chi connectivity index (χ4n) is 1.51. The standard InChI is InChI=1S/C11H12N4O3S/c1-2-8-13-14-11(19-8)12-10(18)7-4-3-5-15(7)6-9(16)17/h3-5H,2,6H2,1H3,(H,16,17)(H,12,14,18). The van der Waals surface area contributed by atoms with Crippen molar-refractivity contribution in [3.8, 4) is 0 Å². The lowest BCUT2D eigenvalue weighted by molar-refractivity contribution is -0.137. The van der Waals surface area contributed by atoms with Gasteiger partial charge in [0.25, 0.3) is 5.91 Å². The van der Waals surface area contributed by atoms with E-state index < -0.39 is 11.9 Å². The first-order valence-electron chi connectivity index (χ1n) is 5.60. The molecule has 7 nitrogen and oxygen atoms in total. The molecule has 0 aliphatic carbocycles. The minimum Gasteiger partial charge on any atom is -0.480 e. The van der Waals surface area contributed by atoms with Gasteiger partial charge >= 0.3 is 5.97 Å². The van der Waals surface area contributed by atoms with Crippen LogP contribution in [0.25, 0.3) is 0 Å². The Hall–Kier alpha value is -2.22. The molecule has 0 saturated heterocycles. The average molecular weight is 280 g/mol. The number of carboxylic acids is 1. The smallest absolute Gasteiger partial charge is 0.323 e. The van der Waals surface area contributed by atoms with E-state index in [-0.39, 0.29) is 12.2 Å². The third-order valence-electron chi connectivity index (χ3n) is 2.36. The normalized spacial score (nSPS) is 10.4. The first-order chi connectivity index (χ1) is 9.10. The van der Waals surface area contributed by atoms with Gasteiger partial charge in [0.15, 0.2) is 0 Å². The minimum atomic E-state index is -1.01. The second-order valence-electron chi connectivity index (χ2n) is 3.72. The van der Waals surface area contributed by atoms with Crippen LogP contribution in [0.2, 0.25) is 0 Å². The Balaban J connectivity index is 2.11. The summed E-state index contributed by atoms with van der Waals surface area (Å²) in [5.41, 5.74) is 0.274. The van der Waals surface area contributed by atoms with E-state index in [0.717, 1.165) is 11.4 Å². The highest BCUT2D eigenvalue weighted by atomic mass is 32.1. The fourth-order valence-corrected chi connectivity index (χ4v) is 2.19. The zero-order valence-corrected chi connectivity index (χ0v) is 11.0. The van der Waals surface area contributed by atoms with Gasteiger partial charge in [0.2, 0.25) is 5.13 Å². The first kappa shape index (κ1) is 13.2. The van der Waals surface area contributed by atoms with Crippen LogP contribution in [0.1, 0.15) is 22.4 Å². The maximum absolute atomic E-state index is 12.0. The molecule has 0 bridgehead atoms. The van der Waals surface area contributed by atoms with Crippen molar-refractivity contribution in [3.63, 3.8) is 0 Å². The number of carbonyl (C=O) groups is 2. The molecule has 2 rings (SSSR count). The van der Waals surface area contributed by atoms with Gasteiger partial charge in [0.05, 0.1) is 0 Å². The number of rotatable bonds is 5. The van der Waals surface area contributed by atoms with E-state index in [4.69, 9.17) is 5.11 Å². The van der Waals surface area contributed by atoms with Crippen LogP contribution in [0.15, 0.2) is 18.3 Å². The van der Waals surface area contributed by atoms with Crippen LogP contribution in [0.5, 0.6) is 0 Å². The van der Waals surface area contributed by atoms with Crippen molar-refractivity contribution < 1.29 is 14.7 Å². The second kappa shape index (κ2) is 5.61. The van der Waals surface area contributed by atoms with E-state index in [2.05, 4.69) is 15.5 Å². The zero-order valence-electron chi connectivity index (χ0n) is 10.2. The lowest BCUT2D eigenvalue weighted by Gasteiger charge is -2.05. The highest BCUT2D eigenvalue weighted by Gasteiger charge is 2.14. The Kier molecular flexibility index (Phi) is 3.91. The maximum atomic E-state index is 12.0. The topological polar surface area (TPSA) is 97.1 Å². The van der Waals surface area contributed by atoms with E-state index in [1.165, 1.54) is 15.9 Å². The molecule has 8 heteroatoms. The highest BCUT2D eigenvalue weighted by molar-refractivity contribution is 7.15. The van der Waals surface area contributed by atoms with Crippen molar-refractivity contribution in [2.45, 2.75) is 19.9 Å². The predicted octanol–water partition coefficient (Wildman–Crippen LogP) is 1.24. The SMILES string of the molecule is CCc1nnc(NC(=O)c2cccn2CC(=O)O)s1. The molecule has 0 aliphatic heterocycles. The van der Waals surface area contributed by atoms with Gasteiger partial charge in [0.1, 0.15) is 17.2 Å². The lowest BCUT2D eigenvalue weighted by Crippen LogP contribution is -2.19. The third-order valence-corrected chi connectivity index (χ3v) is 3.34. The van der Waals surface area contributed by atoms with Gasteiger partial charge in [-0.2, -0.15) is 0 Å². The Morgan fingerprint density at radius 2 is 2.26 bits per heavy atom. The van der Waals surface area contributed by atoms with Crippen molar-refractivity contribution in [3.05, 3.63) is 29.0 Å². The average Bonchev–Trinajstić information content (AvgIpc) is 2.97. The quantitative estimate of drug-likeness (QED) is 0.858. The molecule has 0 atom stereocenters. The molecule has 0 radical (unpaired) electrons. The monoisotopic (exact) mass is 280 g/mol. The number of nitrogens with one attached hydrogen (secondary N) is 1. The molecule has 100 valence electrons. The molecule has 0 aliphatic rings. The second-order valence-corrected chi connectivity index (χ2v) is 4.79. The first-order valence-corrected chi connectivity index (χ1v) is 6.42. The van der Waals surface area contributed by atoms with Gasteiger partial charge in [-0.25, -0.2) is 0 Å². The minimum absolute atomic E-state index is 0.258. The van der Waals surface area contributed by atoms with Gasteiger partial charge in [-0.1, -0.05) is 18.3 Å². The van der Waals surface area contributed by atoms with E-state index in [1.54, 1.807) is 18.3 Å². The van der Waals surface area contributed by atoms with Crippen LogP contribution in [-0.2, 0) is 17.8 Å². The summed E-state index contributed by atoms with van der Waals surface area (Å²) >= 11 is 1.30. The van der Waals surface area contributed by atoms with Gasteiger partial charge in [-0.15, -0.1) is 10.2 Å². The van der Waals surface area contributed by atoms with Crippen molar-refractivity contribution in [2.75, 3.05) is 5.32 Å². The predicted molar refractivity (Wildman–Crippen MR) is 69.3 cm³/mol. The number of carboxylic acid groups (broad SMARTS) is 1. The zero-order chi connectivity index (χ0) is 13.8. The summed E-state index contributed by atoms with van der Waals surface area (Å²) in [7, 11) is 0. The maximum Gasteiger partial charge on any atom is 0.323 e. The molecule has 2 aromatic rings. The van der Waals surface area contributed by atoms with Gasteiger partial charge in [-0.3, -0.25) is 14.9 Å². The number of anilines is 1. The molecular formula is C11H12N4O3S. The number of aryl methyl sites for hydroxylation is 1. The van der Waals surface area contributed by atoms with Crippen LogP contribution >= 0.6 is 11.3 Å². The Morgan fingerprint density at radius 1 is 1.47 bits per heavy atom. The van der Waals surface area contributed by atoms with Crippen molar-refractivity contribution in [2.24, 2.45) is 0 Å². The third kappa shape index (κ3) is 3.16. The van der Waals surface area contributed by atoms with E-state index in [1.807, 2.05) is 6.92 Å². The summed E-state index contributed by atoms with van der Waals surface area (Å²) in [6, 6.07) is 3.18. The molecule has 0 saturated carbocycles. The number of hydrogen-bond acceptors (Lipinski definition) is 5. The molecule has 1 amide bonds. The lowest BCUT2D eigenvalue weighted by atomic mass is 10.4. The molecule has 2 aromatic heterocycles. The summed E-state index contributed by atoms with van der Waals surface area (Å²) < 4.78 is 1.36. The Labute approximate surface area is 112 Å². The van der Waals surface area contributed by atoms with Gasteiger partial charge in [-0.05, 0) is 18.6 Å². The summed E-state index contributed by atoms with van der Waals surface area (Å²) in [4.78, 5) is 22.7. The molecule has 2 heterocycles. The highest BCUT2D eigenvalue weighted by Crippen LogP contribution is 2.16. The van der Waals surface area contributed by atoms with Gasteiger partial charge < -0.3 is 9.67 Å². The van der Waals surface area contributed by atoms with Crippen LogP contribution in [-0.4, -0.2) is 31.7 Å². The van der Waals surface area contributed by atoms with Crippen LogP contribution in [0.3, 0.4) is 0 Å². The Bertz CT molecular complexity index is 605. The van der Waals surface area contributed by atoms with E-state index in [9.17, 15) is 9.59 Å².